The maximum atomic E-state index is 12.8. The van der Waals surface area contributed by atoms with Crippen LogP contribution in [-0.4, -0.2) is 52.3 Å². The van der Waals surface area contributed by atoms with Gasteiger partial charge in [-0.25, -0.2) is 9.78 Å². The number of carbonyl (C=O) groups excluding carboxylic acids is 2. The first-order valence-electron chi connectivity index (χ1n) is 10.2. The summed E-state index contributed by atoms with van der Waals surface area (Å²) in [7, 11) is 1.56. The molecular formula is C22H30N4O4. The molecule has 0 saturated carbocycles. The van der Waals surface area contributed by atoms with Gasteiger partial charge in [-0.2, -0.15) is 0 Å². The number of hydrogen-bond acceptors (Lipinski definition) is 5. The quantitative estimate of drug-likeness (QED) is 0.811. The van der Waals surface area contributed by atoms with Crippen LogP contribution < -0.4 is 10.1 Å². The molecule has 0 radical (unpaired) electrons. The second kappa shape index (κ2) is 9.19. The highest BCUT2D eigenvalue weighted by molar-refractivity contribution is 5.92. The summed E-state index contributed by atoms with van der Waals surface area (Å²) in [5, 5.41) is 2.94. The SMILES string of the molecule is COc1ncccc1CNC(=O)c1cccn1C1CCN(C(=O)OC(C)(C)C)CC1. The Bertz CT molecular complexity index is 879. The summed E-state index contributed by atoms with van der Waals surface area (Å²) in [4.78, 5) is 31.0. The summed E-state index contributed by atoms with van der Waals surface area (Å²) in [5.41, 5.74) is 0.919. The zero-order valence-electron chi connectivity index (χ0n) is 18.1. The highest BCUT2D eigenvalue weighted by Crippen LogP contribution is 2.26. The Morgan fingerprint density at radius 2 is 1.93 bits per heavy atom. The summed E-state index contributed by atoms with van der Waals surface area (Å²) in [5.74, 6) is 0.350. The van der Waals surface area contributed by atoms with Gasteiger partial charge in [-0.15, -0.1) is 0 Å². The van der Waals surface area contributed by atoms with E-state index in [0.29, 0.717) is 31.2 Å². The van der Waals surface area contributed by atoms with Crippen molar-refractivity contribution in [3.05, 3.63) is 47.9 Å². The third-order valence-electron chi connectivity index (χ3n) is 5.00. The summed E-state index contributed by atoms with van der Waals surface area (Å²) < 4.78 is 12.7. The molecule has 0 spiro atoms. The third-order valence-corrected chi connectivity index (χ3v) is 5.00. The Morgan fingerprint density at radius 3 is 2.60 bits per heavy atom. The van der Waals surface area contributed by atoms with Crippen molar-refractivity contribution in [2.75, 3.05) is 20.2 Å². The van der Waals surface area contributed by atoms with E-state index in [-0.39, 0.29) is 18.0 Å². The highest BCUT2D eigenvalue weighted by atomic mass is 16.6. The lowest BCUT2D eigenvalue weighted by atomic mass is 10.0. The summed E-state index contributed by atoms with van der Waals surface area (Å²) in [6.45, 7) is 7.13. The molecule has 162 valence electrons. The zero-order valence-corrected chi connectivity index (χ0v) is 18.1. The van der Waals surface area contributed by atoms with Crippen LogP contribution in [0.1, 0.15) is 55.7 Å². The van der Waals surface area contributed by atoms with Crippen LogP contribution in [0, 0.1) is 0 Å². The second-order valence-corrected chi connectivity index (χ2v) is 8.35. The molecule has 1 saturated heterocycles. The van der Waals surface area contributed by atoms with Crippen molar-refractivity contribution in [1.82, 2.24) is 19.8 Å². The zero-order chi connectivity index (χ0) is 21.7. The van der Waals surface area contributed by atoms with E-state index in [1.807, 2.05) is 55.8 Å². The number of pyridine rings is 1. The van der Waals surface area contributed by atoms with E-state index in [1.54, 1.807) is 18.2 Å². The van der Waals surface area contributed by atoms with Gasteiger partial charge in [0, 0.05) is 43.6 Å². The largest absolute Gasteiger partial charge is 0.481 e. The lowest BCUT2D eigenvalue weighted by Crippen LogP contribution is -2.42. The van der Waals surface area contributed by atoms with Gasteiger partial charge >= 0.3 is 6.09 Å². The van der Waals surface area contributed by atoms with Crippen LogP contribution in [0.4, 0.5) is 4.79 Å². The molecule has 2 aromatic heterocycles. The number of hydrogen-bond donors (Lipinski definition) is 1. The molecule has 0 aromatic carbocycles. The molecule has 0 aliphatic carbocycles. The number of nitrogens with zero attached hydrogens (tertiary/aromatic N) is 3. The Hall–Kier alpha value is -3.03. The number of nitrogens with one attached hydrogen (secondary N) is 1. The first-order valence-corrected chi connectivity index (χ1v) is 10.2. The fourth-order valence-electron chi connectivity index (χ4n) is 3.57. The highest BCUT2D eigenvalue weighted by Gasteiger charge is 2.28. The monoisotopic (exact) mass is 414 g/mol. The van der Waals surface area contributed by atoms with Crippen molar-refractivity contribution >= 4 is 12.0 Å². The average Bonchev–Trinajstić information content (AvgIpc) is 3.21. The van der Waals surface area contributed by atoms with Gasteiger partial charge < -0.3 is 24.3 Å². The van der Waals surface area contributed by atoms with Gasteiger partial charge in [0.25, 0.3) is 5.91 Å². The van der Waals surface area contributed by atoms with Crippen LogP contribution >= 0.6 is 0 Å². The molecule has 2 amide bonds. The van der Waals surface area contributed by atoms with E-state index >= 15 is 0 Å². The topological polar surface area (TPSA) is 85.7 Å². The molecule has 8 heteroatoms. The number of likely N-dealkylation sites (tertiary alicyclic amines) is 1. The number of aromatic nitrogens is 2. The van der Waals surface area contributed by atoms with Gasteiger partial charge in [0.1, 0.15) is 11.3 Å². The van der Waals surface area contributed by atoms with E-state index in [2.05, 4.69) is 10.3 Å². The number of amides is 2. The van der Waals surface area contributed by atoms with E-state index < -0.39 is 5.60 Å². The van der Waals surface area contributed by atoms with Crippen LogP contribution in [0.15, 0.2) is 36.7 Å². The minimum absolute atomic E-state index is 0.152. The Kier molecular flexibility index (Phi) is 6.64. The van der Waals surface area contributed by atoms with E-state index in [0.717, 1.165) is 18.4 Å². The van der Waals surface area contributed by atoms with Gasteiger partial charge in [0.05, 0.1) is 7.11 Å². The number of piperidine rings is 1. The van der Waals surface area contributed by atoms with Crippen molar-refractivity contribution in [1.29, 1.82) is 0 Å². The van der Waals surface area contributed by atoms with Crippen molar-refractivity contribution in [2.24, 2.45) is 0 Å². The molecule has 0 unspecified atom stereocenters. The maximum absolute atomic E-state index is 12.8. The minimum atomic E-state index is -0.503. The molecule has 0 atom stereocenters. The molecule has 1 fully saturated rings. The second-order valence-electron chi connectivity index (χ2n) is 8.35. The van der Waals surface area contributed by atoms with Crippen LogP contribution in [0.5, 0.6) is 5.88 Å². The van der Waals surface area contributed by atoms with Gasteiger partial charge in [-0.3, -0.25) is 4.79 Å². The Balaban J connectivity index is 1.59. The predicted molar refractivity (Wildman–Crippen MR) is 112 cm³/mol. The van der Waals surface area contributed by atoms with Crippen molar-refractivity contribution < 1.29 is 19.1 Å². The normalized spacial score (nSPS) is 15.0. The Labute approximate surface area is 177 Å². The van der Waals surface area contributed by atoms with Gasteiger partial charge in [-0.05, 0) is 51.8 Å². The van der Waals surface area contributed by atoms with E-state index in [1.165, 1.54) is 0 Å². The first-order chi connectivity index (χ1) is 14.3. The van der Waals surface area contributed by atoms with Gasteiger partial charge in [0.15, 0.2) is 0 Å². The maximum Gasteiger partial charge on any atom is 0.410 e. The van der Waals surface area contributed by atoms with Gasteiger partial charge in [-0.1, -0.05) is 6.07 Å². The van der Waals surface area contributed by atoms with E-state index in [9.17, 15) is 9.59 Å². The van der Waals surface area contributed by atoms with E-state index in [4.69, 9.17) is 9.47 Å². The number of ether oxygens (including phenoxy) is 2. The van der Waals surface area contributed by atoms with Crippen molar-refractivity contribution in [3.63, 3.8) is 0 Å². The van der Waals surface area contributed by atoms with Crippen molar-refractivity contribution in [3.8, 4) is 5.88 Å². The number of rotatable bonds is 5. The molecule has 1 N–H and O–H groups in total. The summed E-state index contributed by atoms with van der Waals surface area (Å²) in [6, 6.07) is 7.53. The minimum Gasteiger partial charge on any atom is -0.481 e. The van der Waals surface area contributed by atoms with Gasteiger partial charge in [0.2, 0.25) is 5.88 Å². The summed E-state index contributed by atoms with van der Waals surface area (Å²) >= 11 is 0. The lowest BCUT2D eigenvalue weighted by Gasteiger charge is -2.34. The Morgan fingerprint density at radius 1 is 1.20 bits per heavy atom. The molecule has 3 rings (SSSR count). The molecule has 3 heterocycles. The third kappa shape index (κ3) is 5.31. The van der Waals surface area contributed by atoms with Crippen LogP contribution in [0.25, 0.3) is 0 Å². The fraction of sp³-hybridized carbons (Fsp3) is 0.500. The predicted octanol–water partition coefficient (Wildman–Crippen LogP) is 3.39. The molecule has 1 aliphatic heterocycles. The van der Waals surface area contributed by atoms with Crippen LogP contribution in [-0.2, 0) is 11.3 Å². The molecular weight excluding hydrogens is 384 g/mol. The molecule has 2 aromatic rings. The fourth-order valence-corrected chi connectivity index (χ4v) is 3.57. The molecule has 30 heavy (non-hydrogen) atoms. The molecule has 0 bridgehead atoms. The molecule has 1 aliphatic rings. The standard InChI is InChI=1S/C22H30N4O4/c1-22(2,3)30-21(28)25-13-9-17(10-14-25)26-12-6-8-18(26)19(27)24-15-16-7-5-11-23-20(16)29-4/h5-8,11-12,17H,9-10,13-15H2,1-4H3,(H,24,27). The number of methoxy groups -OCH3 is 1. The average molecular weight is 415 g/mol. The molecule has 8 nitrogen and oxygen atoms in total. The van der Waals surface area contributed by atoms with Crippen LogP contribution in [0.3, 0.4) is 0 Å². The summed E-state index contributed by atoms with van der Waals surface area (Å²) in [6.07, 6.45) is 4.83. The first kappa shape index (κ1) is 21.7. The van der Waals surface area contributed by atoms with Crippen molar-refractivity contribution in [2.45, 2.75) is 51.8 Å². The lowest BCUT2D eigenvalue weighted by molar-refractivity contribution is 0.0187. The van der Waals surface area contributed by atoms with Crippen LogP contribution in [0.2, 0.25) is 0 Å². The number of carbonyl (C=O) groups is 2. The smallest absolute Gasteiger partial charge is 0.410 e.